The Hall–Kier alpha value is -0.610. The molecule has 1 saturated heterocycles. The van der Waals surface area contributed by atoms with Crippen LogP contribution < -0.4 is 5.73 Å². The van der Waals surface area contributed by atoms with E-state index in [0.29, 0.717) is 18.9 Å². The summed E-state index contributed by atoms with van der Waals surface area (Å²) in [5.41, 5.74) is 5.60. The third-order valence-corrected chi connectivity index (χ3v) is 3.95. The first kappa shape index (κ1) is 15.4. The van der Waals surface area contributed by atoms with Crippen molar-refractivity contribution in [3.05, 3.63) is 0 Å². The number of rotatable bonds is 8. The van der Waals surface area contributed by atoms with Gasteiger partial charge in [0.2, 0.25) is 5.91 Å². The number of nitrogens with zero attached hydrogens (tertiary/aromatic N) is 1. The van der Waals surface area contributed by atoms with Crippen LogP contribution in [-0.2, 0) is 4.79 Å². The van der Waals surface area contributed by atoms with E-state index in [0.717, 1.165) is 45.1 Å². The van der Waals surface area contributed by atoms with Crippen LogP contribution in [0.5, 0.6) is 0 Å². The summed E-state index contributed by atoms with van der Waals surface area (Å²) in [6.07, 6.45) is 6.86. The van der Waals surface area contributed by atoms with Crippen LogP contribution in [0.3, 0.4) is 0 Å². The highest BCUT2D eigenvalue weighted by Crippen LogP contribution is 2.21. The van der Waals surface area contributed by atoms with Gasteiger partial charge in [0.15, 0.2) is 0 Å². The summed E-state index contributed by atoms with van der Waals surface area (Å²) in [5.74, 6) is 0.795. The fourth-order valence-electron chi connectivity index (χ4n) is 2.90. The lowest BCUT2D eigenvalue weighted by Gasteiger charge is -2.24. The van der Waals surface area contributed by atoms with Crippen molar-refractivity contribution >= 4 is 5.91 Å². The molecule has 1 aliphatic heterocycles. The highest BCUT2D eigenvalue weighted by molar-refractivity contribution is 5.76. The molecule has 1 unspecified atom stereocenters. The third-order valence-electron chi connectivity index (χ3n) is 3.95. The van der Waals surface area contributed by atoms with Gasteiger partial charge in [-0.15, -0.1) is 0 Å². The molecule has 106 valence electrons. The molecule has 1 heterocycles. The van der Waals surface area contributed by atoms with Gasteiger partial charge in [-0.25, -0.2) is 0 Å². The molecule has 3 N–H and O–H groups in total. The van der Waals surface area contributed by atoms with Crippen molar-refractivity contribution in [3.63, 3.8) is 0 Å². The van der Waals surface area contributed by atoms with Crippen LogP contribution in [0.2, 0.25) is 0 Å². The molecule has 0 bridgehead atoms. The normalized spacial score (nSPS) is 21.3. The number of amides is 1. The second-order valence-electron chi connectivity index (χ2n) is 5.34. The van der Waals surface area contributed by atoms with Crippen LogP contribution in [0.4, 0.5) is 0 Å². The van der Waals surface area contributed by atoms with Gasteiger partial charge in [0.05, 0.1) is 12.6 Å². The summed E-state index contributed by atoms with van der Waals surface area (Å²) in [6.45, 7) is 3.81. The van der Waals surface area contributed by atoms with E-state index in [1.54, 1.807) is 0 Å². The number of nitrogens with two attached hydrogens (primary N) is 1. The SMILES string of the molecule is CCCC(CCN)CCC(=O)N1CCC[C@@H]1CO. The Labute approximate surface area is 111 Å². The van der Waals surface area contributed by atoms with Crippen LogP contribution in [-0.4, -0.2) is 41.7 Å². The lowest BCUT2D eigenvalue weighted by Crippen LogP contribution is -2.37. The molecule has 0 aromatic rings. The maximum absolute atomic E-state index is 12.1. The van der Waals surface area contributed by atoms with E-state index >= 15 is 0 Å². The number of carbonyl (C=O) groups is 1. The van der Waals surface area contributed by atoms with Crippen LogP contribution in [0.25, 0.3) is 0 Å². The largest absolute Gasteiger partial charge is 0.394 e. The van der Waals surface area contributed by atoms with E-state index in [1.165, 1.54) is 0 Å². The summed E-state index contributed by atoms with van der Waals surface area (Å²) in [6, 6.07) is 0.0663. The summed E-state index contributed by atoms with van der Waals surface area (Å²) in [5, 5.41) is 9.22. The smallest absolute Gasteiger partial charge is 0.222 e. The van der Waals surface area contributed by atoms with Crippen LogP contribution in [0.1, 0.15) is 51.9 Å². The minimum absolute atomic E-state index is 0.0663. The van der Waals surface area contributed by atoms with E-state index in [-0.39, 0.29) is 18.6 Å². The summed E-state index contributed by atoms with van der Waals surface area (Å²) >= 11 is 0. The zero-order chi connectivity index (χ0) is 13.4. The molecule has 0 spiro atoms. The van der Waals surface area contributed by atoms with E-state index in [2.05, 4.69) is 6.92 Å². The van der Waals surface area contributed by atoms with Gasteiger partial charge in [-0.3, -0.25) is 4.79 Å². The van der Waals surface area contributed by atoms with Crippen LogP contribution in [0, 0.1) is 5.92 Å². The Kier molecular flexibility index (Phi) is 7.28. The topological polar surface area (TPSA) is 66.6 Å². The van der Waals surface area contributed by atoms with Gasteiger partial charge < -0.3 is 15.7 Å². The molecule has 0 radical (unpaired) electrons. The number of carbonyl (C=O) groups excluding carboxylic acids is 1. The average molecular weight is 256 g/mol. The number of likely N-dealkylation sites (tertiary alicyclic amines) is 1. The van der Waals surface area contributed by atoms with Gasteiger partial charge in [0.1, 0.15) is 0 Å². The van der Waals surface area contributed by atoms with Gasteiger partial charge in [-0.2, -0.15) is 0 Å². The van der Waals surface area contributed by atoms with Gasteiger partial charge in [-0.1, -0.05) is 19.8 Å². The molecule has 1 rings (SSSR count). The molecule has 0 saturated carbocycles. The van der Waals surface area contributed by atoms with Crippen molar-refractivity contribution in [2.45, 2.75) is 57.9 Å². The zero-order valence-electron chi connectivity index (χ0n) is 11.6. The monoisotopic (exact) mass is 256 g/mol. The molecule has 0 aromatic heterocycles. The lowest BCUT2D eigenvalue weighted by molar-refractivity contribution is -0.133. The maximum Gasteiger partial charge on any atom is 0.222 e. The van der Waals surface area contributed by atoms with Crippen molar-refractivity contribution < 1.29 is 9.90 Å². The number of hydrogen-bond acceptors (Lipinski definition) is 3. The van der Waals surface area contributed by atoms with E-state index < -0.39 is 0 Å². The standard InChI is InChI=1S/C14H28N2O2/c1-2-4-12(8-9-15)6-7-14(18)16-10-3-5-13(16)11-17/h12-13,17H,2-11,15H2,1H3/t12?,13-/m1/s1. The van der Waals surface area contributed by atoms with Crippen molar-refractivity contribution in [3.8, 4) is 0 Å². The molecule has 1 amide bonds. The van der Waals surface area contributed by atoms with Crippen LogP contribution >= 0.6 is 0 Å². The Morgan fingerprint density at radius 2 is 2.22 bits per heavy atom. The van der Waals surface area contributed by atoms with E-state index in [1.807, 2.05) is 4.90 Å². The molecule has 4 nitrogen and oxygen atoms in total. The Balaban J connectivity index is 2.34. The van der Waals surface area contributed by atoms with Crippen molar-refractivity contribution in [1.29, 1.82) is 0 Å². The number of aliphatic hydroxyl groups excluding tert-OH is 1. The molecule has 1 aliphatic rings. The second kappa shape index (κ2) is 8.48. The molecule has 2 atom stereocenters. The number of aliphatic hydroxyl groups is 1. The van der Waals surface area contributed by atoms with Crippen molar-refractivity contribution in [2.24, 2.45) is 11.7 Å². The summed E-state index contributed by atoms with van der Waals surface area (Å²) < 4.78 is 0. The van der Waals surface area contributed by atoms with Gasteiger partial charge in [0, 0.05) is 13.0 Å². The van der Waals surface area contributed by atoms with Gasteiger partial charge in [-0.05, 0) is 38.1 Å². The Morgan fingerprint density at radius 1 is 1.44 bits per heavy atom. The van der Waals surface area contributed by atoms with Gasteiger partial charge in [0.25, 0.3) is 0 Å². The molecular formula is C14H28N2O2. The van der Waals surface area contributed by atoms with E-state index in [4.69, 9.17) is 5.73 Å². The quantitative estimate of drug-likeness (QED) is 0.692. The first-order chi connectivity index (χ1) is 8.72. The minimum Gasteiger partial charge on any atom is -0.394 e. The Morgan fingerprint density at radius 3 is 2.83 bits per heavy atom. The van der Waals surface area contributed by atoms with Crippen molar-refractivity contribution in [2.75, 3.05) is 19.7 Å². The predicted octanol–water partition coefficient (Wildman–Crippen LogP) is 1.51. The highest BCUT2D eigenvalue weighted by Gasteiger charge is 2.27. The fourth-order valence-corrected chi connectivity index (χ4v) is 2.90. The highest BCUT2D eigenvalue weighted by atomic mass is 16.3. The third kappa shape index (κ3) is 4.58. The van der Waals surface area contributed by atoms with Gasteiger partial charge >= 0.3 is 0 Å². The lowest BCUT2D eigenvalue weighted by atomic mass is 9.94. The maximum atomic E-state index is 12.1. The first-order valence-electron chi connectivity index (χ1n) is 7.33. The molecule has 0 aromatic carbocycles. The average Bonchev–Trinajstić information content (AvgIpc) is 2.84. The summed E-state index contributed by atoms with van der Waals surface area (Å²) in [4.78, 5) is 14.0. The first-order valence-corrected chi connectivity index (χ1v) is 7.33. The summed E-state index contributed by atoms with van der Waals surface area (Å²) in [7, 11) is 0. The minimum atomic E-state index is 0.0663. The van der Waals surface area contributed by atoms with Crippen LogP contribution in [0.15, 0.2) is 0 Å². The molecule has 4 heteroatoms. The second-order valence-corrected chi connectivity index (χ2v) is 5.34. The molecular weight excluding hydrogens is 228 g/mol. The van der Waals surface area contributed by atoms with Crippen molar-refractivity contribution in [1.82, 2.24) is 4.90 Å². The zero-order valence-corrected chi connectivity index (χ0v) is 11.6. The molecule has 0 aliphatic carbocycles. The number of hydrogen-bond donors (Lipinski definition) is 2. The van der Waals surface area contributed by atoms with E-state index in [9.17, 15) is 9.90 Å². The molecule has 18 heavy (non-hydrogen) atoms. The predicted molar refractivity (Wildman–Crippen MR) is 73.1 cm³/mol. The Bertz CT molecular complexity index is 240. The fraction of sp³-hybridized carbons (Fsp3) is 0.929. The molecule has 1 fully saturated rings.